The molecule has 61 heavy (non-hydrogen) atoms. The monoisotopic (exact) mass is 819 g/mol. The second kappa shape index (κ2) is 13.0. The van der Waals surface area contributed by atoms with Crippen LogP contribution in [-0.4, -0.2) is 65.1 Å². The average Bonchev–Trinajstić information content (AvgIpc) is 3.71. The number of ether oxygens (including phenoxy) is 2. The van der Waals surface area contributed by atoms with E-state index in [2.05, 4.69) is 78.3 Å². The van der Waals surface area contributed by atoms with Crippen LogP contribution >= 0.6 is 0 Å². The molecule has 5 aliphatic carbocycles. The maximum Gasteiger partial charge on any atom is 0.339 e. The Morgan fingerprint density at radius 1 is 0.951 bits per heavy atom. The van der Waals surface area contributed by atoms with E-state index >= 15 is 4.79 Å². The van der Waals surface area contributed by atoms with Crippen LogP contribution in [-0.2, 0) is 39.1 Å². The summed E-state index contributed by atoms with van der Waals surface area (Å²) in [5.74, 6) is 2.29. The van der Waals surface area contributed by atoms with Gasteiger partial charge in [-0.15, -0.1) is 0 Å². The number of rotatable bonds is 3. The number of esters is 2. The zero-order chi connectivity index (χ0) is 41.2. The highest BCUT2D eigenvalue weighted by Crippen LogP contribution is 2.87. The third kappa shape index (κ3) is 4.54. The SMILES string of the molecule is C[C@@H]1CC2=C3[C@@H]4C5=C6C[C@H](Cc7cccc(c7)CCCC[C@H]7[C@]68C(=O)O/C(=C(/O)C[C@@H](C)N6C[C@H]9C[C@@H](C6)[C@H](C=C2)N3C9)[C@@]8(CC5)[C@]72OC(=O)c3c(CCCN)cccc32)[C@H]41. The third-order valence-electron chi connectivity index (χ3n) is 18.9. The number of benzene rings is 2. The predicted octanol–water partition coefficient (Wildman–Crippen LogP) is 8.46. The van der Waals surface area contributed by atoms with Crippen LogP contribution < -0.4 is 5.73 Å². The first-order valence-corrected chi connectivity index (χ1v) is 24.1. The van der Waals surface area contributed by atoms with Crippen LogP contribution in [0.5, 0.6) is 0 Å². The molecule has 3 saturated heterocycles. The first-order valence-electron chi connectivity index (χ1n) is 24.1. The quantitative estimate of drug-likeness (QED) is 0.235. The van der Waals surface area contributed by atoms with Gasteiger partial charge in [0.2, 0.25) is 0 Å². The minimum absolute atomic E-state index is 0.0496. The second-order valence-corrected chi connectivity index (χ2v) is 21.5. The van der Waals surface area contributed by atoms with Crippen LogP contribution in [0.1, 0.15) is 111 Å². The fourth-order valence-corrected chi connectivity index (χ4v) is 17.1. The van der Waals surface area contributed by atoms with Crippen molar-refractivity contribution in [3.8, 4) is 0 Å². The Hall–Kier alpha value is -4.14. The van der Waals surface area contributed by atoms with Gasteiger partial charge in [0.1, 0.15) is 11.2 Å². The minimum Gasteiger partial charge on any atom is -0.509 e. The van der Waals surface area contributed by atoms with Crippen molar-refractivity contribution in [3.63, 3.8) is 0 Å². The molecule has 4 fully saturated rings. The van der Waals surface area contributed by atoms with Crippen molar-refractivity contribution < 1.29 is 24.2 Å². The molecule has 1 saturated carbocycles. The molecule has 8 nitrogen and oxygen atoms in total. The zero-order valence-electron chi connectivity index (χ0n) is 36.0. The number of piperidine rings is 2. The molecule has 0 aromatic heterocycles. The maximum absolute atomic E-state index is 15.9. The number of fused-ring (bicyclic) bond motifs is 7. The van der Waals surface area contributed by atoms with E-state index < -0.39 is 16.4 Å². The molecule has 13 atom stereocenters. The third-order valence-corrected chi connectivity index (χ3v) is 18.9. The fraction of sp³-hybridized carbons (Fsp3) is 0.585. The number of aryl methyl sites for hydroxylation is 2. The molecule has 0 radical (unpaired) electrons. The van der Waals surface area contributed by atoms with Gasteiger partial charge in [-0.05, 0) is 136 Å². The van der Waals surface area contributed by atoms with E-state index in [0.29, 0.717) is 72.8 Å². The molecule has 15 bridgehead atoms. The van der Waals surface area contributed by atoms with Crippen molar-refractivity contribution in [2.45, 2.75) is 115 Å². The zero-order valence-corrected chi connectivity index (χ0v) is 36.0. The van der Waals surface area contributed by atoms with Crippen molar-refractivity contribution in [1.29, 1.82) is 0 Å². The smallest absolute Gasteiger partial charge is 0.339 e. The number of hydrogen-bond donors (Lipinski definition) is 2. The molecule has 16 rings (SSSR count). The Labute approximate surface area is 360 Å². The molecule has 318 valence electrons. The highest BCUT2D eigenvalue weighted by atomic mass is 16.6. The van der Waals surface area contributed by atoms with Gasteiger partial charge in [-0.1, -0.05) is 79.1 Å². The Bertz CT molecular complexity index is 2430. The molecular formula is C53H61N3O5. The predicted molar refractivity (Wildman–Crippen MR) is 232 cm³/mol. The summed E-state index contributed by atoms with van der Waals surface area (Å²) in [6.07, 6.45) is 16.0. The number of carbonyl (C=O) groups excluding carboxylic acids is 2. The highest BCUT2D eigenvalue weighted by molar-refractivity contribution is 6.00. The van der Waals surface area contributed by atoms with Gasteiger partial charge in [-0.2, -0.15) is 0 Å². The summed E-state index contributed by atoms with van der Waals surface area (Å²) < 4.78 is 14.1. The lowest BCUT2D eigenvalue weighted by Crippen LogP contribution is -2.77. The van der Waals surface area contributed by atoms with Gasteiger partial charge in [0.15, 0.2) is 11.4 Å². The maximum atomic E-state index is 15.9. The number of nitrogens with two attached hydrogens (primary N) is 1. The lowest BCUT2D eigenvalue weighted by molar-refractivity contribution is -0.279. The Balaban J connectivity index is 1.12. The Morgan fingerprint density at radius 3 is 2.70 bits per heavy atom. The van der Waals surface area contributed by atoms with Crippen molar-refractivity contribution in [2.75, 3.05) is 26.2 Å². The molecule has 2 aromatic rings. The summed E-state index contributed by atoms with van der Waals surface area (Å²) in [6, 6.07) is 16.1. The van der Waals surface area contributed by atoms with Crippen molar-refractivity contribution in [3.05, 3.63) is 116 Å². The Kier molecular flexibility index (Phi) is 7.95. The number of allylic oxidation sites excluding steroid dienone is 3. The molecule has 8 heteroatoms. The van der Waals surface area contributed by atoms with Gasteiger partial charge in [-0.25, -0.2) is 4.79 Å². The first kappa shape index (κ1) is 37.4. The van der Waals surface area contributed by atoms with E-state index in [9.17, 15) is 9.90 Å². The van der Waals surface area contributed by atoms with Crippen molar-refractivity contribution in [1.82, 2.24) is 9.80 Å². The summed E-state index contributed by atoms with van der Waals surface area (Å²) in [4.78, 5) is 36.3. The lowest BCUT2D eigenvalue weighted by Gasteiger charge is -2.72. The molecule has 0 amide bonds. The number of carbonyl (C=O) groups is 2. The molecule has 2 aromatic carbocycles. The van der Waals surface area contributed by atoms with Crippen LogP contribution in [0.3, 0.4) is 0 Å². The number of nitrogens with zero attached hydrogens (tertiary/aromatic N) is 2. The van der Waals surface area contributed by atoms with Crippen LogP contribution in [0.25, 0.3) is 0 Å². The topological polar surface area (TPSA) is 105 Å². The normalized spacial score (nSPS) is 43.4. The van der Waals surface area contributed by atoms with Gasteiger partial charge in [0, 0.05) is 55.2 Å². The van der Waals surface area contributed by atoms with Crippen LogP contribution in [0.15, 0.2) is 88.6 Å². The Morgan fingerprint density at radius 2 is 1.82 bits per heavy atom. The summed E-state index contributed by atoms with van der Waals surface area (Å²) in [6.45, 7) is 8.36. The summed E-state index contributed by atoms with van der Waals surface area (Å²) >= 11 is 0. The number of aliphatic hydroxyl groups excluding tert-OH is 1. The molecule has 9 heterocycles. The summed E-state index contributed by atoms with van der Waals surface area (Å²) in [7, 11) is 0. The van der Waals surface area contributed by atoms with Crippen LogP contribution in [0.4, 0.5) is 0 Å². The van der Waals surface area contributed by atoms with Gasteiger partial charge < -0.3 is 25.2 Å². The molecule has 1 unspecified atom stereocenters. The largest absolute Gasteiger partial charge is 0.509 e. The van der Waals surface area contributed by atoms with Gasteiger partial charge >= 0.3 is 11.9 Å². The van der Waals surface area contributed by atoms with E-state index in [1.54, 1.807) is 5.70 Å². The van der Waals surface area contributed by atoms with E-state index in [1.165, 1.54) is 34.3 Å². The van der Waals surface area contributed by atoms with Gasteiger partial charge in [0.05, 0.1) is 17.0 Å². The highest BCUT2D eigenvalue weighted by Gasteiger charge is 2.93. The standard InChI is InChI=1S/C53H61N3O5/c1-29-20-35-15-16-41-37-24-33-26-55(28-37)30(2)21-42(57)48-51-18-17-38-40-25-36(44(29)46(38)47(35)56(41)27-33)23-32-10-5-9-31(22-32)8-3-4-14-43(52(40,51)50(59)60-48)53(51)39-13-6-11-34(12-7-19-54)45(39)49(58)61-53/h5-6,9-11,13,15-16,22,29-30,33,36-37,41,43-44,46,57H,3-4,7-8,12,14,17-21,23-28,54H2,1-2H3/b48-42+/t29-,30-,33-,36+,37+,41+,43+,44-,46-,51-,52+,53-/m1/s1. The second-order valence-electron chi connectivity index (χ2n) is 21.5. The summed E-state index contributed by atoms with van der Waals surface area (Å²) in [5, 5.41) is 12.9. The van der Waals surface area contributed by atoms with Crippen LogP contribution in [0.2, 0.25) is 0 Å². The lowest BCUT2D eigenvalue weighted by atomic mass is 9.28. The van der Waals surface area contributed by atoms with Gasteiger partial charge in [0.25, 0.3) is 0 Å². The van der Waals surface area contributed by atoms with E-state index in [4.69, 9.17) is 15.2 Å². The van der Waals surface area contributed by atoms with Crippen LogP contribution in [0, 0.1) is 52.3 Å². The van der Waals surface area contributed by atoms with E-state index in [-0.39, 0.29) is 35.6 Å². The fourth-order valence-electron chi connectivity index (χ4n) is 17.1. The molecule has 9 aliphatic heterocycles. The van der Waals surface area contributed by atoms with E-state index in [1.807, 2.05) is 0 Å². The molecule has 14 aliphatic rings. The molecule has 3 spiro atoms. The van der Waals surface area contributed by atoms with E-state index in [0.717, 1.165) is 88.5 Å². The summed E-state index contributed by atoms with van der Waals surface area (Å²) in [5.41, 5.74) is 14.0. The number of hydrogen-bond acceptors (Lipinski definition) is 8. The van der Waals surface area contributed by atoms with Crippen molar-refractivity contribution in [2.24, 2.45) is 58.0 Å². The molecule has 3 N–H and O–H groups in total. The van der Waals surface area contributed by atoms with Gasteiger partial charge in [-0.3, -0.25) is 9.69 Å². The number of aliphatic hydroxyl groups is 1. The first-order chi connectivity index (χ1) is 29.7. The average molecular weight is 820 g/mol. The van der Waals surface area contributed by atoms with Crippen molar-refractivity contribution >= 4 is 11.9 Å². The minimum atomic E-state index is -1.14. The molecular weight excluding hydrogens is 759 g/mol.